The van der Waals surface area contributed by atoms with Crippen LogP contribution in [-0.2, 0) is 6.42 Å². The summed E-state index contributed by atoms with van der Waals surface area (Å²) in [4.78, 5) is 3.81. The van der Waals surface area contributed by atoms with Crippen molar-refractivity contribution in [3.63, 3.8) is 0 Å². The quantitative estimate of drug-likeness (QED) is 0.777. The van der Waals surface area contributed by atoms with Gasteiger partial charge in [0.25, 0.3) is 0 Å². The van der Waals surface area contributed by atoms with Gasteiger partial charge in [0.1, 0.15) is 10.3 Å². The summed E-state index contributed by atoms with van der Waals surface area (Å²) in [5.41, 5.74) is 0.131. The molecule has 1 aromatic heterocycles. The van der Waals surface area contributed by atoms with Gasteiger partial charge in [0.15, 0.2) is 0 Å². The Kier molecular flexibility index (Phi) is 3.17. The first-order valence-electron chi connectivity index (χ1n) is 3.91. The summed E-state index contributed by atoms with van der Waals surface area (Å²) in [6.45, 7) is 3.46. The second-order valence-electron chi connectivity index (χ2n) is 3.61. The molecule has 1 aromatic rings. The van der Waals surface area contributed by atoms with E-state index in [1.807, 2.05) is 0 Å². The minimum Gasteiger partial charge on any atom is -0.390 e. The van der Waals surface area contributed by atoms with Gasteiger partial charge in [-0.3, -0.25) is 0 Å². The van der Waals surface area contributed by atoms with Crippen molar-refractivity contribution in [3.8, 4) is 0 Å². The van der Waals surface area contributed by atoms with Gasteiger partial charge < -0.3 is 5.11 Å². The summed E-state index contributed by atoms with van der Waals surface area (Å²) in [5.74, 6) is 0. The fourth-order valence-electron chi connectivity index (χ4n) is 1.12. The fourth-order valence-corrected chi connectivity index (χ4v) is 1.62. The fraction of sp³-hybridized carbons (Fsp3) is 0.444. The highest BCUT2D eigenvalue weighted by atomic mass is 35.5. The van der Waals surface area contributed by atoms with E-state index in [2.05, 4.69) is 4.98 Å². The van der Waals surface area contributed by atoms with Crippen LogP contribution in [-0.4, -0.2) is 15.7 Å². The number of rotatable bonds is 2. The van der Waals surface area contributed by atoms with Crippen LogP contribution in [0, 0.1) is 0 Å². The molecule has 1 rings (SSSR count). The number of hydrogen-bond donors (Lipinski definition) is 1. The van der Waals surface area contributed by atoms with E-state index >= 15 is 0 Å². The number of aromatic nitrogens is 1. The lowest BCUT2D eigenvalue weighted by Gasteiger charge is -2.16. The third-order valence-corrected chi connectivity index (χ3v) is 1.85. The van der Waals surface area contributed by atoms with Crippen LogP contribution in [0.2, 0.25) is 10.3 Å². The molecule has 0 aliphatic rings. The lowest BCUT2D eigenvalue weighted by molar-refractivity contribution is 0.0810. The topological polar surface area (TPSA) is 33.1 Å². The first kappa shape index (κ1) is 10.8. The Hall–Kier alpha value is -0.310. The van der Waals surface area contributed by atoms with Gasteiger partial charge in [-0.2, -0.15) is 0 Å². The Morgan fingerprint density at radius 3 is 2.15 bits per heavy atom. The molecule has 0 aliphatic carbocycles. The van der Waals surface area contributed by atoms with Crippen LogP contribution in [0.3, 0.4) is 0 Å². The molecule has 0 amide bonds. The van der Waals surface area contributed by atoms with E-state index in [9.17, 15) is 5.11 Å². The van der Waals surface area contributed by atoms with E-state index in [0.29, 0.717) is 16.7 Å². The van der Waals surface area contributed by atoms with E-state index < -0.39 is 5.60 Å². The Morgan fingerprint density at radius 2 is 1.77 bits per heavy atom. The van der Waals surface area contributed by atoms with Gasteiger partial charge in [-0.25, -0.2) is 4.98 Å². The molecule has 13 heavy (non-hydrogen) atoms. The van der Waals surface area contributed by atoms with Gasteiger partial charge in [-0.1, -0.05) is 23.2 Å². The molecule has 0 saturated carbocycles. The van der Waals surface area contributed by atoms with Crippen LogP contribution in [0.15, 0.2) is 12.1 Å². The summed E-state index contributed by atoms with van der Waals surface area (Å²) in [7, 11) is 0. The number of pyridine rings is 1. The van der Waals surface area contributed by atoms with E-state index in [0.717, 1.165) is 5.56 Å². The monoisotopic (exact) mass is 219 g/mol. The lowest BCUT2D eigenvalue weighted by Crippen LogP contribution is -2.21. The molecule has 0 aliphatic heterocycles. The standard InChI is InChI=1S/C9H11Cl2NO/c1-9(2,13)5-6-3-7(10)12-8(11)4-6/h3-4,13H,5H2,1-2H3. The van der Waals surface area contributed by atoms with Crippen molar-refractivity contribution in [2.24, 2.45) is 0 Å². The molecule has 0 atom stereocenters. The average molecular weight is 220 g/mol. The summed E-state index contributed by atoms with van der Waals surface area (Å²) >= 11 is 11.4. The zero-order valence-corrected chi connectivity index (χ0v) is 9.02. The van der Waals surface area contributed by atoms with Crippen LogP contribution in [0.1, 0.15) is 19.4 Å². The summed E-state index contributed by atoms with van der Waals surface area (Å²) in [6, 6.07) is 3.40. The van der Waals surface area contributed by atoms with Crippen molar-refractivity contribution in [1.82, 2.24) is 4.98 Å². The van der Waals surface area contributed by atoms with Gasteiger partial charge in [-0.15, -0.1) is 0 Å². The molecular weight excluding hydrogens is 209 g/mol. The smallest absolute Gasteiger partial charge is 0.131 e. The van der Waals surface area contributed by atoms with Crippen molar-refractivity contribution < 1.29 is 5.11 Å². The van der Waals surface area contributed by atoms with Gasteiger partial charge in [0, 0.05) is 6.42 Å². The Bertz CT molecular complexity index is 287. The van der Waals surface area contributed by atoms with Crippen molar-refractivity contribution in [2.75, 3.05) is 0 Å². The van der Waals surface area contributed by atoms with Crippen molar-refractivity contribution in [1.29, 1.82) is 0 Å². The molecule has 1 heterocycles. The number of aliphatic hydroxyl groups is 1. The molecule has 0 unspecified atom stereocenters. The van der Waals surface area contributed by atoms with Crippen LogP contribution in [0.5, 0.6) is 0 Å². The van der Waals surface area contributed by atoms with Crippen LogP contribution in [0.25, 0.3) is 0 Å². The van der Waals surface area contributed by atoms with E-state index in [1.165, 1.54) is 0 Å². The molecule has 72 valence electrons. The van der Waals surface area contributed by atoms with E-state index in [4.69, 9.17) is 23.2 Å². The Balaban J connectivity index is 2.90. The van der Waals surface area contributed by atoms with Crippen molar-refractivity contribution >= 4 is 23.2 Å². The van der Waals surface area contributed by atoms with Gasteiger partial charge in [0.2, 0.25) is 0 Å². The second-order valence-corrected chi connectivity index (χ2v) is 4.38. The SMILES string of the molecule is CC(C)(O)Cc1cc(Cl)nc(Cl)c1. The molecule has 1 N–H and O–H groups in total. The van der Waals surface area contributed by atoms with E-state index in [1.54, 1.807) is 26.0 Å². The molecule has 4 heteroatoms. The van der Waals surface area contributed by atoms with Gasteiger partial charge >= 0.3 is 0 Å². The molecule has 2 nitrogen and oxygen atoms in total. The summed E-state index contributed by atoms with van der Waals surface area (Å²) < 4.78 is 0. The van der Waals surface area contributed by atoms with Crippen LogP contribution >= 0.6 is 23.2 Å². The average Bonchev–Trinajstić information content (AvgIpc) is 1.78. The zero-order chi connectivity index (χ0) is 10.1. The highest BCUT2D eigenvalue weighted by Gasteiger charge is 2.14. The first-order valence-corrected chi connectivity index (χ1v) is 4.67. The minimum absolute atomic E-state index is 0.353. The predicted octanol–water partition coefficient (Wildman–Crippen LogP) is 2.70. The molecule has 0 saturated heterocycles. The zero-order valence-electron chi connectivity index (χ0n) is 7.51. The Morgan fingerprint density at radius 1 is 1.31 bits per heavy atom. The van der Waals surface area contributed by atoms with Crippen molar-refractivity contribution in [2.45, 2.75) is 25.9 Å². The van der Waals surface area contributed by atoms with Gasteiger partial charge in [0.05, 0.1) is 5.60 Å². The summed E-state index contributed by atoms with van der Waals surface area (Å²) in [5, 5.41) is 10.3. The van der Waals surface area contributed by atoms with Gasteiger partial charge in [-0.05, 0) is 31.5 Å². The summed E-state index contributed by atoms with van der Waals surface area (Å²) in [6.07, 6.45) is 0.509. The first-order chi connectivity index (χ1) is 5.87. The maximum absolute atomic E-state index is 9.55. The molecule has 0 spiro atoms. The minimum atomic E-state index is -0.756. The third kappa shape index (κ3) is 3.94. The largest absolute Gasteiger partial charge is 0.390 e. The third-order valence-electron chi connectivity index (χ3n) is 1.46. The molecule has 0 fully saturated rings. The normalized spacial score (nSPS) is 11.8. The number of hydrogen-bond acceptors (Lipinski definition) is 2. The molecule has 0 radical (unpaired) electrons. The molecular formula is C9H11Cl2NO. The highest BCUT2D eigenvalue weighted by Crippen LogP contribution is 2.18. The van der Waals surface area contributed by atoms with Crippen LogP contribution < -0.4 is 0 Å². The molecule has 0 aromatic carbocycles. The Labute approximate surface area is 87.5 Å². The molecule has 0 bridgehead atoms. The van der Waals surface area contributed by atoms with E-state index in [-0.39, 0.29) is 0 Å². The number of halogens is 2. The predicted molar refractivity (Wildman–Crippen MR) is 54.3 cm³/mol. The second kappa shape index (κ2) is 3.82. The van der Waals surface area contributed by atoms with Crippen molar-refractivity contribution in [3.05, 3.63) is 28.0 Å². The maximum Gasteiger partial charge on any atom is 0.131 e. The maximum atomic E-state index is 9.55. The lowest BCUT2D eigenvalue weighted by atomic mass is 10.00. The highest BCUT2D eigenvalue weighted by molar-refractivity contribution is 6.32. The van der Waals surface area contributed by atoms with Crippen LogP contribution in [0.4, 0.5) is 0 Å². The number of nitrogens with zero attached hydrogens (tertiary/aromatic N) is 1.